The monoisotopic (exact) mass is 382 g/mol. The predicted octanol–water partition coefficient (Wildman–Crippen LogP) is 4.56. The molecular formula is C18H14ClF3N2O2. The first-order chi connectivity index (χ1) is 12.2. The van der Waals surface area contributed by atoms with Crippen LogP contribution >= 0.6 is 11.6 Å². The Hall–Kier alpha value is -2.51. The second kappa shape index (κ2) is 6.66. The lowest BCUT2D eigenvalue weighted by Gasteiger charge is -2.18. The molecule has 0 aliphatic heterocycles. The number of rotatable bonds is 3. The maximum Gasteiger partial charge on any atom is 0.573 e. The van der Waals surface area contributed by atoms with Crippen LogP contribution in [0.4, 0.5) is 13.2 Å². The first-order valence-electron chi connectivity index (χ1n) is 7.63. The molecule has 0 amide bonds. The number of nitrogens with zero attached hydrogens (tertiary/aromatic N) is 1. The molecule has 2 N–H and O–H groups in total. The van der Waals surface area contributed by atoms with Gasteiger partial charge in [-0.05, 0) is 48.7 Å². The SMILES string of the molecule is C[C@H](N)c1cc2cccc(Cl)c2c(=O)n1-c1ccc(OC(F)(F)F)cc1. The van der Waals surface area contributed by atoms with E-state index in [9.17, 15) is 18.0 Å². The van der Waals surface area contributed by atoms with Gasteiger partial charge in [0.15, 0.2) is 0 Å². The van der Waals surface area contributed by atoms with Gasteiger partial charge < -0.3 is 10.5 Å². The molecule has 0 bridgehead atoms. The van der Waals surface area contributed by atoms with E-state index < -0.39 is 18.0 Å². The molecule has 8 heteroatoms. The Labute approximate surface area is 151 Å². The van der Waals surface area contributed by atoms with Crippen molar-refractivity contribution in [1.82, 2.24) is 4.57 Å². The molecule has 3 rings (SSSR count). The van der Waals surface area contributed by atoms with Gasteiger partial charge in [-0.1, -0.05) is 23.7 Å². The molecule has 1 atom stereocenters. The maximum atomic E-state index is 13.0. The Morgan fingerprint density at radius 1 is 1.15 bits per heavy atom. The molecular weight excluding hydrogens is 369 g/mol. The first-order valence-corrected chi connectivity index (χ1v) is 8.01. The topological polar surface area (TPSA) is 57.2 Å². The summed E-state index contributed by atoms with van der Waals surface area (Å²) in [6, 6.07) is 11.3. The van der Waals surface area contributed by atoms with Crippen molar-refractivity contribution in [3.8, 4) is 11.4 Å². The minimum atomic E-state index is -4.79. The third kappa shape index (κ3) is 3.54. The van der Waals surface area contributed by atoms with Gasteiger partial charge in [0.1, 0.15) is 5.75 Å². The third-order valence-electron chi connectivity index (χ3n) is 3.82. The van der Waals surface area contributed by atoms with Gasteiger partial charge in [-0.2, -0.15) is 0 Å². The molecule has 3 aromatic rings. The fourth-order valence-corrected chi connectivity index (χ4v) is 3.00. The molecule has 0 spiro atoms. The van der Waals surface area contributed by atoms with Crippen LogP contribution in [0.2, 0.25) is 5.02 Å². The molecule has 0 fully saturated rings. The van der Waals surface area contributed by atoms with Gasteiger partial charge in [0, 0.05) is 17.4 Å². The number of ether oxygens (including phenoxy) is 1. The number of halogens is 4. The normalized spacial score (nSPS) is 13.0. The standard InChI is InChI=1S/C18H14ClF3N2O2/c1-10(23)15-9-11-3-2-4-14(19)16(11)17(25)24(15)12-5-7-13(8-6-12)26-18(20,21)22/h2-10H,23H2,1H3/t10-/m0/s1. The van der Waals surface area contributed by atoms with Crippen molar-refractivity contribution >= 4 is 22.4 Å². The van der Waals surface area contributed by atoms with Gasteiger partial charge in [0.2, 0.25) is 0 Å². The van der Waals surface area contributed by atoms with Crippen LogP contribution in [-0.2, 0) is 0 Å². The van der Waals surface area contributed by atoms with Crippen LogP contribution in [0, 0.1) is 0 Å². The summed E-state index contributed by atoms with van der Waals surface area (Å²) in [4.78, 5) is 13.0. The Morgan fingerprint density at radius 2 is 1.81 bits per heavy atom. The number of benzene rings is 2. The fraction of sp³-hybridized carbons (Fsp3) is 0.167. The van der Waals surface area contributed by atoms with Crippen molar-refractivity contribution in [3.05, 3.63) is 69.6 Å². The average Bonchev–Trinajstić information content (AvgIpc) is 2.54. The summed E-state index contributed by atoms with van der Waals surface area (Å²) < 4.78 is 42.1. The molecule has 136 valence electrons. The Kier molecular flexibility index (Phi) is 4.68. The summed E-state index contributed by atoms with van der Waals surface area (Å²) in [7, 11) is 0. The molecule has 26 heavy (non-hydrogen) atoms. The van der Waals surface area contributed by atoms with Crippen molar-refractivity contribution in [2.75, 3.05) is 0 Å². The fourth-order valence-electron chi connectivity index (χ4n) is 2.74. The Bertz CT molecular complexity index is 1010. The van der Waals surface area contributed by atoms with Crippen molar-refractivity contribution in [1.29, 1.82) is 0 Å². The largest absolute Gasteiger partial charge is 0.573 e. The second-order valence-corrected chi connectivity index (χ2v) is 6.15. The number of alkyl halides is 3. The lowest BCUT2D eigenvalue weighted by atomic mass is 10.1. The van der Waals surface area contributed by atoms with Crippen LogP contribution in [0.5, 0.6) is 5.75 Å². The summed E-state index contributed by atoms with van der Waals surface area (Å²) in [5, 5.41) is 1.24. The zero-order chi connectivity index (χ0) is 19.1. The van der Waals surface area contributed by atoms with Crippen LogP contribution in [-0.4, -0.2) is 10.9 Å². The van der Waals surface area contributed by atoms with Gasteiger partial charge in [0.05, 0.1) is 10.4 Å². The van der Waals surface area contributed by atoms with E-state index in [0.29, 0.717) is 22.2 Å². The van der Waals surface area contributed by atoms with Crippen LogP contribution in [0.1, 0.15) is 18.7 Å². The van der Waals surface area contributed by atoms with Crippen molar-refractivity contribution in [2.45, 2.75) is 19.3 Å². The average molecular weight is 383 g/mol. The van der Waals surface area contributed by atoms with E-state index in [-0.39, 0.29) is 10.8 Å². The first kappa shape index (κ1) is 18.3. The number of hydrogen-bond donors (Lipinski definition) is 1. The highest BCUT2D eigenvalue weighted by atomic mass is 35.5. The predicted molar refractivity (Wildman–Crippen MR) is 93.8 cm³/mol. The molecule has 0 saturated carbocycles. The molecule has 4 nitrogen and oxygen atoms in total. The van der Waals surface area contributed by atoms with E-state index in [1.54, 1.807) is 31.2 Å². The van der Waals surface area contributed by atoms with Crippen molar-refractivity contribution < 1.29 is 17.9 Å². The van der Waals surface area contributed by atoms with Crippen LogP contribution < -0.4 is 16.0 Å². The molecule has 0 aliphatic rings. The van der Waals surface area contributed by atoms with Crippen LogP contribution in [0.25, 0.3) is 16.5 Å². The highest BCUT2D eigenvalue weighted by Crippen LogP contribution is 2.27. The minimum absolute atomic E-state index is 0.287. The molecule has 1 aromatic heterocycles. The summed E-state index contributed by atoms with van der Waals surface area (Å²) in [6.07, 6.45) is -4.79. The maximum absolute atomic E-state index is 13.0. The number of hydrogen-bond acceptors (Lipinski definition) is 3. The smallest absolute Gasteiger partial charge is 0.406 e. The Morgan fingerprint density at radius 3 is 2.38 bits per heavy atom. The molecule has 0 radical (unpaired) electrons. The van der Waals surface area contributed by atoms with Crippen LogP contribution in [0.3, 0.4) is 0 Å². The lowest BCUT2D eigenvalue weighted by molar-refractivity contribution is -0.274. The van der Waals surface area contributed by atoms with E-state index in [4.69, 9.17) is 17.3 Å². The summed E-state index contributed by atoms with van der Waals surface area (Å²) in [5.74, 6) is -0.379. The summed E-state index contributed by atoms with van der Waals surface area (Å²) >= 11 is 6.16. The Balaban J connectivity index is 2.20. The second-order valence-electron chi connectivity index (χ2n) is 5.74. The minimum Gasteiger partial charge on any atom is -0.406 e. The molecule has 0 saturated heterocycles. The van der Waals surface area contributed by atoms with Gasteiger partial charge in [0.25, 0.3) is 5.56 Å². The molecule has 0 unspecified atom stereocenters. The van der Waals surface area contributed by atoms with Gasteiger partial charge in [-0.15, -0.1) is 13.2 Å². The zero-order valence-corrected chi connectivity index (χ0v) is 14.3. The molecule has 2 aromatic carbocycles. The van der Waals surface area contributed by atoms with Gasteiger partial charge in [-0.3, -0.25) is 9.36 Å². The zero-order valence-electron chi connectivity index (χ0n) is 13.5. The van der Waals surface area contributed by atoms with Gasteiger partial charge >= 0.3 is 6.36 Å². The molecule has 0 aliphatic carbocycles. The van der Waals surface area contributed by atoms with E-state index >= 15 is 0 Å². The molecule has 1 heterocycles. The van der Waals surface area contributed by atoms with E-state index in [0.717, 1.165) is 12.1 Å². The quantitative estimate of drug-likeness (QED) is 0.722. The summed E-state index contributed by atoms with van der Waals surface area (Å²) in [6.45, 7) is 1.71. The third-order valence-corrected chi connectivity index (χ3v) is 4.13. The summed E-state index contributed by atoms with van der Waals surface area (Å²) in [5.41, 5.74) is 6.47. The number of aromatic nitrogens is 1. The van der Waals surface area contributed by atoms with Crippen LogP contribution in [0.15, 0.2) is 53.3 Å². The van der Waals surface area contributed by atoms with Crippen molar-refractivity contribution in [3.63, 3.8) is 0 Å². The van der Waals surface area contributed by atoms with E-state index in [2.05, 4.69) is 4.74 Å². The highest BCUT2D eigenvalue weighted by molar-refractivity contribution is 6.35. The van der Waals surface area contributed by atoms with E-state index in [1.807, 2.05) is 0 Å². The van der Waals surface area contributed by atoms with Gasteiger partial charge in [-0.25, -0.2) is 0 Å². The number of fused-ring (bicyclic) bond motifs is 1. The van der Waals surface area contributed by atoms with E-state index in [1.165, 1.54) is 16.7 Å². The number of pyridine rings is 1. The number of nitrogens with two attached hydrogens (primary N) is 1. The van der Waals surface area contributed by atoms with Crippen molar-refractivity contribution in [2.24, 2.45) is 5.73 Å². The highest BCUT2D eigenvalue weighted by Gasteiger charge is 2.31. The lowest BCUT2D eigenvalue weighted by Crippen LogP contribution is -2.26.